The first-order chi connectivity index (χ1) is 8.39. The second-order valence-corrected chi connectivity index (χ2v) is 3.68. The topological polar surface area (TPSA) is 42.0 Å². The Morgan fingerprint density at radius 2 is 2.17 bits per heavy atom. The molecular weight excluding hydrogens is 245 g/mol. The van der Waals surface area contributed by atoms with Crippen LogP contribution in [0, 0.1) is 0 Å². The molecular formula is C12H13F3N2O. The summed E-state index contributed by atoms with van der Waals surface area (Å²) in [6.45, 7) is 1.86. The molecule has 0 aliphatic rings. The van der Waals surface area contributed by atoms with Crippen LogP contribution < -0.4 is 5.32 Å². The van der Waals surface area contributed by atoms with Crippen LogP contribution in [-0.4, -0.2) is 17.4 Å². The maximum Gasteiger partial charge on any atom is 0.417 e. The second kappa shape index (κ2) is 6.18. The molecule has 0 unspecified atom stereocenters. The molecule has 3 nitrogen and oxygen atoms in total. The van der Waals surface area contributed by atoms with Crippen LogP contribution in [0.15, 0.2) is 24.5 Å². The van der Waals surface area contributed by atoms with E-state index in [1.165, 1.54) is 13.1 Å². The average Bonchev–Trinajstić information content (AvgIpc) is 2.27. The Balaban J connectivity index is 2.57. The minimum atomic E-state index is -4.38. The average molecular weight is 258 g/mol. The molecule has 0 aliphatic heterocycles. The van der Waals surface area contributed by atoms with Crippen molar-refractivity contribution in [3.8, 4) is 0 Å². The Bertz CT molecular complexity index is 441. The number of hydrogen-bond donors (Lipinski definition) is 1. The highest BCUT2D eigenvalue weighted by Gasteiger charge is 2.30. The minimum absolute atomic E-state index is 0.135. The number of nitrogens with one attached hydrogen (secondary N) is 1. The molecule has 98 valence electrons. The van der Waals surface area contributed by atoms with Crippen molar-refractivity contribution >= 4 is 12.0 Å². The first-order valence-electron chi connectivity index (χ1n) is 5.33. The zero-order chi connectivity index (χ0) is 13.6. The molecule has 0 spiro atoms. The van der Waals surface area contributed by atoms with Crippen LogP contribution in [0.5, 0.6) is 0 Å². The van der Waals surface area contributed by atoms with Crippen LogP contribution in [0.4, 0.5) is 13.2 Å². The lowest BCUT2D eigenvalue weighted by Crippen LogP contribution is -2.20. The lowest BCUT2D eigenvalue weighted by Gasteiger charge is -2.05. The third-order valence-corrected chi connectivity index (χ3v) is 2.08. The van der Waals surface area contributed by atoms with Crippen LogP contribution in [0.25, 0.3) is 6.08 Å². The van der Waals surface area contributed by atoms with Gasteiger partial charge >= 0.3 is 6.18 Å². The number of carbonyl (C=O) groups is 1. The molecule has 1 N–H and O–H groups in total. The van der Waals surface area contributed by atoms with Crippen molar-refractivity contribution < 1.29 is 18.0 Å². The summed E-state index contributed by atoms with van der Waals surface area (Å²) in [6.07, 6.45) is 1.54. The molecule has 1 aromatic rings. The van der Waals surface area contributed by atoms with Gasteiger partial charge in [0.1, 0.15) is 0 Å². The van der Waals surface area contributed by atoms with Crippen molar-refractivity contribution in [3.05, 3.63) is 35.7 Å². The summed E-state index contributed by atoms with van der Waals surface area (Å²) in [5.74, 6) is -0.135. The SMILES string of the molecule is CC(=O)NCCC=Cc1cncc(C(F)(F)F)c1. The summed E-state index contributed by atoms with van der Waals surface area (Å²) in [5.41, 5.74) is -0.390. The highest BCUT2D eigenvalue weighted by atomic mass is 19.4. The zero-order valence-electron chi connectivity index (χ0n) is 9.79. The Kier molecular flexibility index (Phi) is 4.88. The second-order valence-electron chi connectivity index (χ2n) is 3.68. The van der Waals surface area contributed by atoms with Crippen molar-refractivity contribution in [2.24, 2.45) is 0 Å². The normalized spacial score (nSPS) is 11.8. The van der Waals surface area contributed by atoms with E-state index in [9.17, 15) is 18.0 Å². The van der Waals surface area contributed by atoms with Crippen molar-refractivity contribution in [2.45, 2.75) is 19.5 Å². The molecule has 0 aromatic carbocycles. The number of aromatic nitrogens is 1. The summed E-state index contributed by atoms with van der Waals surface area (Å²) in [4.78, 5) is 14.1. The number of alkyl halides is 3. The third-order valence-electron chi connectivity index (χ3n) is 2.08. The van der Waals surface area contributed by atoms with Crippen molar-refractivity contribution in [1.82, 2.24) is 10.3 Å². The smallest absolute Gasteiger partial charge is 0.356 e. The first kappa shape index (κ1) is 14.2. The lowest BCUT2D eigenvalue weighted by molar-refractivity contribution is -0.137. The molecule has 0 atom stereocenters. The molecule has 0 aliphatic carbocycles. The molecule has 1 amide bonds. The van der Waals surface area contributed by atoms with Gasteiger partial charge in [-0.25, -0.2) is 0 Å². The zero-order valence-corrected chi connectivity index (χ0v) is 9.79. The maximum atomic E-state index is 12.4. The number of rotatable bonds is 4. The Morgan fingerprint density at radius 3 is 2.78 bits per heavy atom. The first-order valence-corrected chi connectivity index (χ1v) is 5.33. The maximum absolute atomic E-state index is 12.4. The van der Waals surface area contributed by atoms with Crippen molar-refractivity contribution in [3.63, 3.8) is 0 Å². The van der Waals surface area contributed by atoms with Gasteiger partial charge in [-0.15, -0.1) is 0 Å². The van der Waals surface area contributed by atoms with Gasteiger partial charge in [-0.1, -0.05) is 12.2 Å². The van der Waals surface area contributed by atoms with E-state index < -0.39 is 11.7 Å². The minimum Gasteiger partial charge on any atom is -0.356 e. The number of amides is 1. The van der Waals surface area contributed by atoms with Gasteiger partial charge < -0.3 is 5.32 Å². The van der Waals surface area contributed by atoms with E-state index in [-0.39, 0.29) is 5.91 Å². The molecule has 0 bridgehead atoms. The number of halogens is 3. The molecule has 0 fully saturated rings. The predicted molar refractivity (Wildman–Crippen MR) is 61.6 cm³/mol. The summed E-state index contributed by atoms with van der Waals surface area (Å²) in [7, 11) is 0. The summed E-state index contributed by atoms with van der Waals surface area (Å²) in [6, 6.07) is 1.03. The van der Waals surface area contributed by atoms with Crippen LogP contribution >= 0.6 is 0 Å². The van der Waals surface area contributed by atoms with Gasteiger partial charge in [0.25, 0.3) is 0 Å². The fraction of sp³-hybridized carbons (Fsp3) is 0.333. The highest BCUT2D eigenvalue weighted by Crippen LogP contribution is 2.29. The fourth-order valence-corrected chi connectivity index (χ4v) is 1.25. The molecule has 0 saturated carbocycles. The van der Waals surface area contributed by atoms with Crippen LogP contribution in [0.1, 0.15) is 24.5 Å². The van der Waals surface area contributed by atoms with E-state index in [1.807, 2.05) is 0 Å². The molecule has 0 radical (unpaired) electrons. The molecule has 0 saturated heterocycles. The number of carbonyl (C=O) groups excluding carboxylic acids is 1. The standard InChI is InChI=1S/C12H13F3N2O/c1-9(18)17-5-3-2-4-10-6-11(8-16-7-10)12(13,14)15/h2,4,6-8H,3,5H2,1H3,(H,17,18). The Labute approximate surface area is 103 Å². The van der Waals surface area contributed by atoms with E-state index in [1.54, 1.807) is 12.2 Å². The van der Waals surface area contributed by atoms with Crippen LogP contribution in [0.3, 0.4) is 0 Å². The van der Waals surface area contributed by atoms with Crippen LogP contribution in [-0.2, 0) is 11.0 Å². The lowest BCUT2D eigenvalue weighted by atomic mass is 10.2. The largest absolute Gasteiger partial charge is 0.417 e. The summed E-state index contributed by atoms with van der Waals surface area (Å²) in [5, 5.41) is 2.58. The van der Waals surface area contributed by atoms with Crippen LogP contribution in [0.2, 0.25) is 0 Å². The predicted octanol–water partition coefficient (Wildman–Crippen LogP) is 2.64. The van der Waals surface area contributed by atoms with Gasteiger partial charge in [0.2, 0.25) is 5.91 Å². The molecule has 1 aromatic heterocycles. The Morgan fingerprint density at radius 1 is 1.44 bits per heavy atom. The molecule has 1 rings (SSSR count). The van der Waals surface area contributed by atoms with Gasteiger partial charge in [-0.2, -0.15) is 13.2 Å². The van der Waals surface area contributed by atoms with E-state index in [4.69, 9.17) is 0 Å². The number of pyridine rings is 1. The van der Waals surface area contributed by atoms with Gasteiger partial charge in [-0.3, -0.25) is 9.78 Å². The van der Waals surface area contributed by atoms with Gasteiger partial charge in [0.15, 0.2) is 0 Å². The van der Waals surface area contributed by atoms with E-state index >= 15 is 0 Å². The van der Waals surface area contributed by atoms with Gasteiger partial charge in [-0.05, 0) is 18.1 Å². The summed E-state index contributed by atoms with van der Waals surface area (Å²) >= 11 is 0. The van der Waals surface area contributed by atoms with E-state index in [0.29, 0.717) is 18.5 Å². The summed E-state index contributed by atoms with van der Waals surface area (Å²) < 4.78 is 37.2. The van der Waals surface area contributed by atoms with Crippen molar-refractivity contribution in [2.75, 3.05) is 6.54 Å². The van der Waals surface area contributed by atoms with E-state index in [2.05, 4.69) is 10.3 Å². The number of nitrogens with zero attached hydrogens (tertiary/aromatic N) is 1. The molecule has 18 heavy (non-hydrogen) atoms. The molecule has 1 heterocycles. The Hall–Kier alpha value is -1.85. The third kappa shape index (κ3) is 4.99. The number of hydrogen-bond acceptors (Lipinski definition) is 2. The van der Waals surface area contributed by atoms with E-state index in [0.717, 1.165) is 12.3 Å². The highest BCUT2D eigenvalue weighted by molar-refractivity contribution is 5.72. The quantitative estimate of drug-likeness (QED) is 0.843. The fourth-order valence-electron chi connectivity index (χ4n) is 1.25. The van der Waals surface area contributed by atoms with Gasteiger partial charge in [0.05, 0.1) is 5.56 Å². The van der Waals surface area contributed by atoms with Gasteiger partial charge in [0, 0.05) is 25.9 Å². The van der Waals surface area contributed by atoms with Crippen molar-refractivity contribution in [1.29, 1.82) is 0 Å². The molecule has 6 heteroatoms. The monoisotopic (exact) mass is 258 g/mol.